The molecule has 0 spiro atoms. The van der Waals surface area contributed by atoms with E-state index < -0.39 is 0 Å². The molecule has 0 amide bonds. The number of ether oxygens (including phenoxy) is 2. The van der Waals surface area contributed by atoms with Gasteiger partial charge in [-0.25, -0.2) is 4.39 Å². The fourth-order valence-corrected chi connectivity index (χ4v) is 1.80. The molecule has 2 aromatic rings. The van der Waals surface area contributed by atoms with Gasteiger partial charge in [-0.3, -0.25) is 0 Å². The Labute approximate surface area is 116 Å². The van der Waals surface area contributed by atoms with Crippen LogP contribution >= 0.6 is 0 Å². The number of aromatic nitrogens is 1. The monoisotopic (exact) mass is 280 g/mol. The Hall–Kier alpha value is -1.92. The summed E-state index contributed by atoms with van der Waals surface area (Å²) in [6, 6.07) is 6.35. The lowest BCUT2D eigenvalue weighted by Gasteiger charge is -2.07. The van der Waals surface area contributed by atoms with Crippen LogP contribution < -0.4 is 10.1 Å². The van der Waals surface area contributed by atoms with Crippen molar-refractivity contribution in [3.05, 3.63) is 47.1 Å². The molecule has 108 valence electrons. The Bertz CT molecular complexity index is 557. The van der Waals surface area contributed by atoms with Crippen molar-refractivity contribution in [3.8, 4) is 5.75 Å². The van der Waals surface area contributed by atoms with Gasteiger partial charge in [0, 0.05) is 25.8 Å². The molecular weight excluding hydrogens is 263 g/mol. The van der Waals surface area contributed by atoms with Gasteiger partial charge in [-0.05, 0) is 24.7 Å². The lowest BCUT2D eigenvalue weighted by Crippen LogP contribution is -2.06. The molecule has 0 aliphatic rings. The SMILES string of the molecule is CNCc1cc(F)cc(OCc2cc(COC)on2)c1. The fourth-order valence-electron chi connectivity index (χ4n) is 1.80. The number of benzene rings is 1. The van der Waals surface area contributed by atoms with E-state index in [2.05, 4.69) is 10.5 Å². The molecule has 1 N–H and O–H groups in total. The van der Waals surface area contributed by atoms with E-state index in [1.807, 2.05) is 0 Å². The van der Waals surface area contributed by atoms with Crippen LogP contribution in [0, 0.1) is 5.82 Å². The molecule has 0 aliphatic heterocycles. The number of nitrogens with one attached hydrogen (secondary N) is 1. The summed E-state index contributed by atoms with van der Waals surface area (Å²) in [7, 11) is 3.38. The molecule has 0 fully saturated rings. The minimum absolute atomic E-state index is 0.218. The second kappa shape index (κ2) is 7.02. The minimum atomic E-state index is -0.326. The highest BCUT2D eigenvalue weighted by Gasteiger charge is 2.06. The number of rotatable bonds is 7. The maximum atomic E-state index is 13.4. The zero-order valence-electron chi connectivity index (χ0n) is 11.5. The van der Waals surface area contributed by atoms with E-state index in [0.717, 1.165) is 5.56 Å². The first-order valence-corrected chi connectivity index (χ1v) is 6.21. The summed E-state index contributed by atoms with van der Waals surface area (Å²) < 4.78 is 28.9. The predicted octanol–water partition coefficient (Wildman–Crippen LogP) is 2.26. The van der Waals surface area contributed by atoms with Crippen LogP contribution in [0.4, 0.5) is 4.39 Å². The molecule has 0 saturated carbocycles. The van der Waals surface area contributed by atoms with Crippen molar-refractivity contribution >= 4 is 0 Å². The van der Waals surface area contributed by atoms with Crippen molar-refractivity contribution in [2.75, 3.05) is 14.2 Å². The number of hydrogen-bond donors (Lipinski definition) is 1. The van der Waals surface area contributed by atoms with Gasteiger partial charge in [0.15, 0.2) is 5.76 Å². The van der Waals surface area contributed by atoms with Crippen LogP contribution in [0.1, 0.15) is 17.0 Å². The largest absolute Gasteiger partial charge is 0.487 e. The third-order valence-electron chi connectivity index (χ3n) is 2.59. The zero-order valence-corrected chi connectivity index (χ0v) is 11.5. The highest BCUT2D eigenvalue weighted by molar-refractivity contribution is 5.29. The van der Waals surface area contributed by atoms with Gasteiger partial charge in [-0.1, -0.05) is 5.16 Å². The summed E-state index contributed by atoms with van der Waals surface area (Å²) >= 11 is 0. The maximum absolute atomic E-state index is 13.4. The van der Waals surface area contributed by atoms with Crippen molar-refractivity contribution in [1.29, 1.82) is 0 Å². The van der Waals surface area contributed by atoms with Crippen LogP contribution in [0.15, 0.2) is 28.8 Å². The van der Waals surface area contributed by atoms with Crippen molar-refractivity contribution in [2.24, 2.45) is 0 Å². The average molecular weight is 280 g/mol. The smallest absolute Gasteiger partial charge is 0.162 e. The Morgan fingerprint density at radius 3 is 2.85 bits per heavy atom. The van der Waals surface area contributed by atoms with Crippen LogP contribution in [0.25, 0.3) is 0 Å². The summed E-state index contributed by atoms with van der Waals surface area (Å²) in [4.78, 5) is 0. The van der Waals surface area contributed by atoms with Crippen LogP contribution in [0.3, 0.4) is 0 Å². The summed E-state index contributed by atoms with van der Waals surface area (Å²) in [5.74, 6) is 0.765. The van der Waals surface area contributed by atoms with Crippen molar-refractivity contribution in [2.45, 2.75) is 19.8 Å². The number of halogens is 1. The molecule has 2 rings (SSSR count). The standard InChI is InChI=1S/C14H17FN2O3/c1-16-7-10-3-11(15)5-13(4-10)19-8-12-6-14(9-18-2)20-17-12/h3-6,16H,7-9H2,1-2H3. The van der Waals surface area contributed by atoms with Crippen molar-refractivity contribution in [1.82, 2.24) is 10.5 Å². The minimum Gasteiger partial charge on any atom is -0.487 e. The van der Waals surface area contributed by atoms with Crippen molar-refractivity contribution in [3.63, 3.8) is 0 Å². The molecule has 6 heteroatoms. The summed E-state index contributed by atoms with van der Waals surface area (Å²) in [6.45, 7) is 1.16. The van der Waals surface area contributed by atoms with Gasteiger partial charge >= 0.3 is 0 Å². The topological polar surface area (TPSA) is 56.5 Å². The second-order valence-electron chi connectivity index (χ2n) is 4.33. The normalized spacial score (nSPS) is 10.8. The molecule has 0 bridgehead atoms. The Morgan fingerprint density at radius 1 is 1.25 bits per heavy atom. The van der Waals surface area contributed by atoms with E-state index >= 15 is 0 Å². The lowest BCUT2D eigenvalue weighted by molar-refractivity contribution is 0.155. The van der Waals surface area contributed by atoms with Crippen molar-refractivity contribution < 1.29 is 18.4 Å². The fraction of sp³-hybridized carbons (Fsp3) is 0.357. The van der Waals surface area contributed by atoms with Gasteiger partial charge in [-0.15, -0.1) is 0 Å². The van der Waals surface area contributed by atoms with E-state index in [1.54, 1.807) is 26.3 Å². The highest BCUT2D eigenvalue weighted by Crippen LogP contribution is 2.18. The van der Waals surface area contributed by atoms with Gasteiger partial charge in [0.2, 0.25) is 0 Å². The van der Waals surface area contributed by atoms with E-state index in [-0.39, 0.29) is 12.4 Å². The third kappa shape index (κ3) is 4.04. The molecule has 20 heavy (non-hydrogen) atoms. The highest BCUT2D eigenvalue weighted by atomic mass is 19.1. The van der Waals surface area contributed by atoms with E-state index in [4.69, 9.17) is 14.0 Å². The van der Waals surface area contributed by atoms with Gasteiger partial charge < -0.3 is 19.3 Å². The molecule has 1 aromatic carbocycles. The molecule has 0 aliphatic carbocycles. The van der Waals surface area contributed by atoms with E-state index in [0.29, 0.717) is 30.4 Å². The maximum Gasteiger partial charge on any atom is 0.162 e. The van der Waals surface area contributed by atoms with Gasteiger partial charge in [-0.2, -0.15) is 0 Å². The zero-order chi connectivity index (χ0) is 14.4. The molecular formula is C14H17FN2O3. The third-order valence-corrected chi connectivity index (χ3v) is 2.59. The Morgan fingerprint density at radius 2 is 2.10 bits per heavy atom. The second-order valence-corrected chi connectivity index (χ2v) is 4.33. The number of nitrogens with zero attached hydrogens (tertiary/aromatic N) is 1. The first kappa shape index (κ1) is 14.5. The Balaban J connectivity index is 1.98. The van der Waals surface area contributed by atoms with Crippen LogP contribution in [0.5, 0.6) is 5.75 Å². The summed E-state index contributed by atoms with van der Waals surface area (Å²) in [5.41, 5.74) is 1.46. The number of hydrogen-bond acceptors (Lipinski definition) is 5. The van der Waals surface area contributed by atoms with Gasteiger partial charge in [0.25, 0.3) is 0 Å². The van der Waals surface area contributed by atoms with Gasteiger partial charge in [0.1, 0.15) is 30.5 Å². The molecule has 0 unspecified atom stereocenters. The molecule has 5 nitrogen and oxygen atoms in total. The molecule has 1 heterocycles. The number of methoxy groups -OCH3 is 1. The molecule has 0 atom stereocenters. The van der Waals surface area contributed by atoms with Crippen LogP contribution in [0.2, 0.25) is 0 Å². The summed E-state index contributed by atoms with van der Waals surface area (Å²) in [6.07, 6.45) is 0. The lowest BCUT2D eigenvalue weighted by atomic mass is 10.2. The molecule has 0 radical (unpaired) electrons. The Kier molecular flexibility index (Phi) is 5.09. The predicted molar refractivity (Wildman–Crippen MR) is 70.7 cm³/mol. The van der Waals surface area contributed by atoms with E-state index in [9.17, 15) is 4.39 Å². The first-order chi connectivity index (χ1) is 9.71. The van der Waals surface area contributed by atoms with Crippen LogP contribution in [-0.2, 0) is 24.5 Å². The summed E-state index contributed by atoms with van der Waals surface area (Å²) in [5, 5.41) is 6.81. The van der Waals surface area contributed by atoms with E-state index in [1.165, 1.54) is 12.1 Å². The quantitative estimate of drug-likeness (QED) is 0.843. The van der Waals surface area contributed by atoms with Gasteiger partial charge in [0.05, 0.1) is 0 Å². The molecule has 1 aromatic heterocycles. The average Bonchev–Trinajstić information content (AvgIpc) is 2.84. The van der Waals surface area contributed by atoms with Crippen LogP contribution in [-0.4, -0.2) is 19.3 Å². The first-order valence-electron chi connectivity index (χ1n) is 6.21. The molecule has 0 saturated heterocycles.